The van der Waals surface area contributed by atoms with Crippen molar-refractivity contribution in [1.82, 2.24) is 0 Å². The zero-order valence-electron chi connectivity index (χ0n) is 20.5. The molecule has 0 unspecified atom stereocenters. The summed E-state index contributed by atoms with van der Waals surface area (Å²) in [5, 5.41) is 0. The first kappa shape index (κ1) is 45.0. The molecule has 0 rings (SSSR count). The van der Waals surface area contributed by atoms with E-state index in [1.165, 1.54) is 0 Å². The zero-order valence-corrected chi connectivity index (χ0v) is 21.3. The fraction of sp³-hybridized carbons (Fsp3) is 1.00. The van der Waals surface area contributed by atoms with Crippen molar-refractivity contribution in [1.29, 1.82) is 0 Å². The monoisotopic (exact) mass is 792 g/mol. The molecule has 0 heterocycles. The molecule has 0 aliphatic heterocycles. The van der Waals surface area contributed by atoms with Gasteiger partial charge in [0.05, 0.1) is 5.75 Å². The lowest BCUT2D eigenvalue weighted by molar-refractivity contribution is -0.485. The highest BCUT2D eigenvalue weighted by molar-refractivity contribution is 7.85. The van der Waals surface area contributed by atoms with Gasteiger partial charge in [0.15, 0.2) is 0 Å². The maximum atomic E-state index is 13.8. The number of alkyl halides is 27. The van der Waals surface area contributed by atoms with E-state index in [9.17, 15) is 127 Å². The van der Waals surface area contributed by atoms with Gasteiger partial charge in [0.2, 0.25) is 0 Å². The van der Waals surface area contributed by atoms with Crippen molar-refractivity contribution in [3.05, 3.63) is 0 Å². The first-order chi connectivity index (χ1) is 19.7. The molecule has 284 valence electrons. The molecule has 31 heteroatoms. The van der Waals surface area contributed by atoms with E-state index in [4.69, 9.17) is 4.55 Å². The van der Waals surface area contributed by atoms with Crippen LogP contribution in [0.2, 0.25) is 0 Å². The lowest BCUT2D eigenvalue weighted by Crippen LogP contribution is -2.78. The Morgan fingerprint density at radius 1 is 0.340 bits per heavy atom. The predicted molar refractivity (Wildman–Crippen MR) is 91.1 cm³/mol. The Labute approximate surface area is 238 Å². The molecule has 0 aromatic rings. The fourth-order valence-electron chi connectivity index (χ4n) is 2.82. The molecule has 0 fully saturated rings. The number of rotatable bonds is 15. The molecule has 0 aromatic heterocycles. The van der Waals surface area contributed by atoms with Gasteiger partial charge >= 0.3 is 77.2 Å². The molecule has 0 amide bonds. The smallest absolute Gasteiger partial charge is 0.286 e. The Kier molecular flexibility index (Phi) is 10.8. The molecular formula is C16H7F27O3S. The normalized spacial score (nSPS) is 16.9. The van der Waals surface area contributed by atoms with Crippen molar-refractivity contribution >= 4 is 10.1 Å². The van der Waals surface area contributed by atoms with Crippen LogP contribution in [0.25, 0.3) is 0 Å². The molecule has 0 saturated carbocycles. The standard InChI is InChI=1S/C16H7F27O3S/c17-4(18,2-1-3-47(44,45)46)5(19,20)6(21,22)7(23,24)8(25,26)9(27,28)10(29,30)11(31,32)12(33,34)13(35,36)14(37,38)15(39,40)16(41,42)43/h1-3H2,(H,44,45,46). The Bertz CT molecular complexity index is 1240. The first-order valence-corrected chi connectivity index (χ1v) is 11.9. The highest BCUT2D eigenvalue weighted by atomic mass is 32.2. The van der Waals surface area contributed by atoms with Crippen molar-refractivity contribution in [2.75, 3.05) is 5.75 Å². The summed E-state index contributed by atoms with van der Waals surface area (Å²) in [6, 6.07) is 0. The van der Waals surface area contributed by atoms with Crippen LogP contribution in [0, 0.1) is 0 Å². The van der Waals surface area contributed by atoms with Gasteiger partial charge in [-0.3, -0.25) is 4.55 Å². The van der Waals surface area contributed by atoms with Crippen molar-refractivity contribution < 1.29 is 132 Å². The summed E-state index contributed by atoms with van der Waals surface area (Å²) in [5.74, 6) is -112. The second kappa shape index (κ2) is 11.3. The van der Waals surface area contributed by atoms with Gasteiger partial charge in [-0.25, -0.2) is 0 Å². The Balaban J connectivity index is 7.31. The summed E-state index contributed by atoms with van der Waals surface area (Å²) in [4.78, 5) is 0. The number of hydrogen-bond acceptors (Lipinski definition) is 2. The van der Waals surface area contributed by atoms with Crippen molar-refractivity contribution in [2.45, 2.75) is 90.1 Å². The molecule has 3 nitrogen and oxygen atoms in total. The summed E-state index contributed by atoms with van der Waals surface area (Å²) in [5.41, 5.74) is 0. The van der Waals surface area contributed by atoms with Crippen LogP contribution in [0.1, 0.15) is 12.8 Å². The Hall–Kier alpha value is -1.98. The van der Waals surface area contributed by atoms with Gasteiger partial charge in [0.25, 0.3) is 10.1 Å². The summed E-state index contributed by atoms with van der Waals surface area (Å²) in [7, 11) is -5.52. The summed E-state index contributed by atoms with van der Waals surface area (Å²) in [6.45, 7) is 0. The van der Waals surface area contributed by atoms with Crippen LogP contribution in [0.4, 0.5) is 119 Å². The van der Waals surface area contributed by atoms with Crippen molar-refractivity contribution in [2.24, 2.45) is 0 Å². The molecule has 47 heavy (non-hydrogen) atoms. The van der Waals surface area contributed by atoms with Crippen LogP contribution in [0.3, 0.4) is 0 Å². The highest BCUT2D eigenvalue weighted by Gasteiger charge is 3.00. The Morgan fingerprint density at radius 3 is 0.723 bits per heavy atom. The number of hydrogen-bond donors (Lipinski definition) is 1. The van der Waals surface area contributed by atoms with Gasteiger partial charge in [0.1, 0.15) is 0 Å². The van der Waals surface area contributed by atoms with Crippen molar-refractivity contribution in [3.63, 3.8) is 0 Å². The minimum Gasteiger partial charge on any atom is -0.286 e. The quantitative estimate of drug-likeness (QED) is 0.133. The van der Waals surface area contributed by atoms with E-state index >= 15 is 0 Å². The van der Waals surface area contributed by atoms with Gasteiger partial charge < -0.3 is 0 Å². The summed E-state index contributed by atoms with van der Waals surface area (Å²) >= 11 is 0. The van der Waals surface area contributed by atoms with E-state index in [1.807, 2.05) is 0 Å². The van der Waals surface area contributed by atoms with Gasteiger partial charge in [-0.05, 0) is 6.42 Å². The van der Waals surface area contributed by atoms with Crippen LogP contribution in [-0.2, 0) is 10.1 Å². The topological polar surface area (TPSA) is 54.4 Å². The third kappa shape index (κ3) is 5.98. The van der Waals surface area contributed by atoms with Gasteiger partial charge in [-0.15, -0.1) is 0 Å². The third-order valence-corrected chi connectivity index (χ3v) is 6.46. The SMILES string of the molecule is O=S(=O)(O)CCCC(F)(F)C(F)(F)C(F)(F)C(F)(F)C(F)(F)C(F)(F)C(F)(F)C(F)(F)C(F)(F)C(F)(F)C(F)(F)C(F)(F)C(F)(F)F. The van der Waals surface area contributed by atoms with Crippen molar-refractivity contribution in [3.8, 4) is 0 Å². The van der Waals surface area contributed by atoms with E-state index in [-0.39, 0.29) is 0 Å². The second-order valence-corrected chi connectivity index (χ2v) is 10.5. The van der Waals surface area contributed by atoms with Gasteiger partial charge in [0, 0.05) is 6.42 Å². The van der Waals surface area contributed by atoms with E-state index in [1.54, 1.807) is 0 Å². The largest absolute Gasteiger partial charge is 0.460 e. The molecule has 0 aliphatic rings. The minimum atomic E-state index is -9.84. The highest BCUT2D eigenvalue weighted by Crippen LogP contribution is 2.68. The third-order valence-electron chi connectivity index (χ3n) is 5.65. The molecule has 0 aliphatic carbocycles. The molecule has 0 bridgehead atoms. The zero-order chi connectivity index (χ0) is 39.1. The first-order valence-electron chi connectivity index (χ1n) is 10.3. The van der Waals surface area contributed by atoms with Crippen LogP contribution >= 0.6 is 0 Å². The second-order valence-electron chi connectivity index (χ2n) is 8.91. The lowest BCUT2D eigenvalue weighted by Gasteiger charge is -2.46. The minimum absolute atomic E-state index is 2.18. The summed E-state index contributed by atoms with van der Waals surface area (Å²) < 4.78 is 389. The molecule has 1 N–H and O–H groups in total. The molecule has 0 atom stereocenters. The maximum absolute atomic E-state index is 13.8. The van der Waals surface area contributed by atoms with Gasteiger partial charge in [-0.1, -0.05) is 0 Å². The molecule has 0 aromatic carbocycles. The maximum Gasteiger partial charge on any atom is 0.460 e. The molecular weight excluding hydrogens is 785 g/mol. The predicted octanol–water partition coefficient (Wildman–Crippen LogP) is 8.84. The average Bonchev–Trinajstić information content (AvgIpc) is 2.80. The lowest BCUT2D eigenvalue weighted by atomic mass is 9.83. The van der Waals surface area contributed by atoms with Crippen LogP contribution in [-0.4, -0.2) is 96.0 Å². The van der Waals surface area contributed by atoms with Crippen LogP contribution in [0.15, 0.2) is 0 Å². The van der Waals surface area contributed by atoms with E-state index in [0.29, 0.717) is 0 Å². The van der Waals surface area contributed by atoms with E-state index in [0.717, 1.165) is 0 Å². The molecule has 0 saturated heterocycles. The van der Waals surface area contributed by atoms with Crippen LogP contribution in [0.5, 0.6) is 0 Å². The fourth-order valence-corrected chi connectivity index (χ4v) is 3.32. The molecule has 0 spiro atoms. The Morgan fingerprint density at radius 2 is 0.532 bits per heavy atom. The molecule has 0 radical (unpaired) electrons. The average molecular weight is 792 g/mol. The number of halogens is 27. The van der Waals surface area contributed by atoms with Gasteiger partial charge in [-0.2, -0.15) is 127 Å². The van der Waals surface area contributed by atoms with E-state index < -0.39 is 106 Å². The van der Waals surface area contributed by atoms with E-state index in [2.05, 4.69) is 0 Å². The van der Waals surface area contributed by atoms with Crippen LogP contribution < -0.4 is 0 Å². The summed E-state index contributed by atoms with van der Waals surface area (Å²) in [6.07, 6.45) is -13.8.